The molecule has 4 heteroatoms. The van der Waals surface area contributed by atoms with Crippen LogP contribution in [0.3, 0.4) is 0 Å². The van der Waals surface area contributed by atoms with Crippen LogP contribution in [0.4, 0.5) is 0 Å². The van der Waals surface area contributed by atoms with E-state index in [0.717, 1.165) is 11.1 Å². The lowest BCUT2D eigenvalue weighted by Gasteiger charge is -2.55. The summed E-state index contributed by atoms with van der Waals surface area (Å²) < 4.78 is 0. The molecule has 3 aromatic rings. The third-order valence-electron chi connectivity index (χ3n) is 6.28. The third kappa shape index (κ3) is 1.66. The average Bonchev–Trinajstić information content (AvgIpc) is 2.66. The first-order chi connectivity index (χ1) is 12.3. The number of rotatable bonds is 0. The van der Waals surface area contributed by atoms with Gasteiger partial charge in [-0.15, -0.1) is 0 Å². The van der Waals surface area contributed by atoms with Crippen molar-refractivity contribution in [3.63, 3.8) is 0 Å². The zero-order valence-corrected chi connectivity index (χ0v) is 17.2. The Labute approximate surface area is 172 Å². The van der Waals surface area contributed by atoms with Crippen LogP contribution in [-0.2, 0) is 10.8 Å². The van der Waals surface area contributed by atoms with Crippen LogP contribution in [0.1, 0.15) is 47.2 Å². The zero-order valence-electron chi connectivity index (χ0n) is 14.1. The molecule has 0 saturated heterocycles. The standard InChI is InChI=1S/C22H14Cl4/c1-21-11-7-3-5-9-13(11)22(2,14-10-6-4-8-12(14)21)16-15(21)17(23)19(25)20(26)18(16)24/h3-10H,1-2H3. The summed E-state index contributed by atoms with van der Waals surface area (Å²) in [7, 11) is 0. The number of hydrogen-bond acceptors (Lipinski definition) is 0. The van der Waals surface area contributed by atoms with Gasteiger partial charge >= 0.3 is 0 Å². The van der Waals surface area contributed by atoms with Crippen LogP contribution < -0.4 is 0 Å². The highest BCUT2D eigenvalue weighted by Gasteiger charge is 2.56. The van der Waals surface area contributed by atoms with Crippen molar-refractivity contribution in [3.05, 3.63) is 102 Å². The highest BCUT2D eigenvalue weighted by atomic mass is 35.5. The van der Waals surface area contributed by atoms with Crippen molar-refractivity contribution in [2.45, 2.75) is 24.7 Å². The third-order valence-corrected chi connectivity index (χ3v) is 8.08. The minimum absolute atomic E-state index is 0.324. The number of hydrogen-bond donors (Lipinski definition) is 0. The molecule has 0 fully saturated rings. The fourth-order valence-electron chi connectivity index (χ4n) is 5.11. The molecule has 3 aromatic carbocycles. The first kappa shape index (κ1) is 17.0. The molecule has 6 rings (SSSR count). The van der Waals surface area contributed by atoms with Gasteiger partial charge in [-0.25, -0.2) is 0 Å². The van der Waals surface area contributed by atoms with Crippen molar-refractivity contribution in [3.8, 4) is 0 Å². The normalized spacial score (nSPS) is 24.8. The van der Waals surface area contributed by atoms with Gasteiger partial charge in [-0.2, -0.15) is 0 Å². The molecule has 0 heterocycles. The molecule has 0 nitrogen and oxygen atoms in total. The Morgan fingerprint density at radius 1 is 0.500 bits per heavy atom. The Morgan fingerprint density at radius 3 is 1.04 bits per heavy atom. The van der Waals surface area contributed by atoms with Gasteiger partial charge in [0.2, 0.25) is 0 Å². The summed E-state index contributed by atoms with van der Waals surface area (Å²) in [5.74, 6) is 0. The molecule has 0 spiro atoms. The molecule has 130 valence electrons. The molecule has 0 radical (unpaired) electrons. The van der Waals surface area contributed by atoms with Crippen molar-refractivity contribution in [1.82, 2.24) is 0 Å². The SMILES string of the molecule is CC12c3ccccc3C(C)(c3ccccc31)c1c(Cl)c(Cl)c(Cl)c(Cl)c12. The van der Waals surface area contributed by atoms with Gasteiger partial charge in [0, 0.05) is 10.8 Å². The quantitative estimate of drug-likeness (QED) is 0.259. The van der Waals surface area contributed by atoms with E-state index in [4.69, 9.17) is 46.4 Å². The maximum absolute atomic E-state index is 6.79. The van der Waals surface area contributed by atoms with Crippen LogP contribution in [0.15, 0.2) is 48.5 Å². The van der Waals surface area contributed by atoms with E-state index in [-0.39, 0.29) is 0 Å². The van der Waals surface area contributed by atoms with Crippen molar-refractivity contribution in [2.24, 2.45) is 0 Å². The van der Waals surface area contributed by atoms with Gasteiger partial charge in [0.05, 0.1) is 20.1 Å². The molecule has 0 atom stereocenters. The molecule has 2 bridgehead atoms. The average molecular weight is 420 g/mol. The van der Waals surface area contributed by atoms with Gasteiger partial charge in [0.25, 0.3) is 0 Å². The highest BCUT2D eigenvalue weighted by molar-refractivity contribution is 6.52. The Balaban J connectivity index is 2.09. The topological polar surface area (TPSA) is 0 Å². The van der Waals surface area contributed by atoms with E-state index in [2.05, 4.69) is 62.4 Å². The smallest absolute Gasteiger partial charge is 0.0797 e. The molecule has 0 aliphatic heterocycles. The number of benzene rings is 3. The lowest BCUT2D eigenvalue weighted by molar-refractivity contribution is 0.512. The zero-order chi connectivity index (χ0) is 18.4. The molecule has 3 aliphatic rings. The molecule has 26 heavy (non-hydrogen) atoms. The molecule has 0 N–H and O–H groups in total. The lowest BCUT2D eigenvalue weighted by Crippen LogP contribution is -2.48. The largest absolute Gasteiger partial charge is 0.0823 e. The molecule has 0 amide bonds. The minimum Gasteiger partial charge on any atom is -0.0823 e. The highest BCUT2D eigenvalue weighted by Crippen LogP contribution is 2.65. The predicted molar refractivity (Wildman–Crippen MR) is 110 cm³/mol. The summed E-state index contributed by atoms with van der Waals surface area (Å²) in [6, 6.07) is 17.0. The van der Waals surface area contributed by atoms with Crippen LogP contribution in [0, 0.1) is 0 Å². The molecular formula is C22H14Cl4. The Morgan fingerprint density at radius 2 is 0.769 bits per heavy atom. The van der Waals surface area contributed by atoms with Gasteiger partial charge in [-0.05, 0) is 47.2 Å². The summed E-state index contributed by atoms with van der Waals surface area (Å²) in [6.45, 7) is 4.41. The first-order valence-electron chi connectivity index (χ1n) is 8.41. The van der Waals surface area contributed by atoms with Gasteiger partial charge in [0.1, 0.15) is 0 Å². The van der Waals surface area contributed by atoms with Gasteiger partial charge < -0.3 is 0 Å². The first-order valence-corrected chi connectivity index (χ1v) is 9.92. The van der Waals surface area contributed by atoms with E-state index in [9.17, 15) is 0 Å². The second kappa shape index (κ2) is 5.20. The molecule has 0 aromatic heterocycles. The fraction of sp³-hybridized carbons (Fsp3) is 0.182. The van der Waals surface area contributed by atoms with Crippen LogP contribution in [-0.4, -0.2) is 0 Å². The van der Waals surface area contributed by atoms with E-state index >= 15 is 0 Å². The van der Waals surface area contributed by atoms with Crippen molar-refractivity contribution < 1.29 is 0 Å². The molecule has 3 aliphatic carbocycles. The van der Waals surface area contributed by atoms with E-state index in [1.165, 1.54) is 22.3 Å². The monoisotopic (exact) mass is 418 g/mol. The van der Waals surface area contributed by atoms with Crippen LogP contribution in [0.2, 0.25) is 20.1 Å². The van der Waals surface area contributed by atoms with Crippen molar-refractivity contribution in [2.75, 3.05) is 0 Å². The Bertz CT molecular complexity index is 979. The van der Waals surface area contributed by atoms with E-state index in [1.54, 1.807) is 0 Å². The van der Waals surface area contributed by atoms with Gasteiger partial charge in [-0.1, -0.05) is 94.9 Å². The maximum Gasteiger partial charge on any atom is 0.0797 e. The van der Waals surface area contributed by atoms with E-state index in [0.29, 0.717) is 20.1 Å². The Kier molecular flexibility index (Phi) is 3.39. The van der Waals surface area contributed by atoms with Crippen molar-refractivity contribution in [1.29, 1.82) is 0 Å². The minimum atomic E-state index is -0.435. The molecule has 0 unspecified atom stereocenters. The summed E-state index contributed by atoms with van der Waals surface area (Å²) in [4.78, 5) is 0. The fourth-order valence-corrected chi connectivity index (χ4v) is 6.34. The maximum atomic E-state index is 6.79. The summed E-state index contributed by atoms with van der Waals surface area (Å²) in [6.07, 6.45) is 0. The van der Waals surface area contributed by atoms with Crippen LogP contribution >= 0.6 is 46.4 Å². The molecule has 0 saturated carbocycles. The second-order valence-corrected chi connectivity index (χ2v) is 8.86. The van der Waals surface area contributed by atoms with Gasteiger partial charge in [0.15, 0.2) is 0 Å². The number of halogens is 4. The Hall–Kier alpha value is -1.18. The van der Waals surface area contributed by atoms with E-state index in [1.807, 2.05) is 0 Å². The second-order valence-electron chi connectivity index (χ2n) is 7.35. The lowest BCUT2D eigenvalue weighted by atomic mass is 9.48. The summed E-state index contributed by atoms with van der Waals surface area (Å²) >= 11 is 26.5. The molecular weight excluding hydrogens is 406 g/mol. The predicted octanol–water partition coefficient (Wildman–Crippen LogP) is 7.64. The summed E-state index contributed by atoms with van der Waals surface area (Å²) in [5.41, 5.74) is 6.03. The summed E-state index contributed by atoms with van der Waals surface area (Å²) in [5, 5.41) is 1.64. The van der Waals surface area contributed by atoms with Crippen molar-refractivity contribution >= 4 is 46.4 Å². The van der Waals surface area contributed by atoms with Crippen LogP contribution in [0.5, 0.6) is 0 Å². The van der Waals surface area contributed by atoms with E-state index < -0.39 is 10.8 Å². The van der Waals surface area contributed by atoms with Gasteiger partial charge in [-0.3, -0.25) is 0 Å². The van der Waals surface area contributed by atoms with Crippen LogP contribution in [0.25, 0.3) is 0 Å².